The van der Waals surface area contributed by atoms with Gasteiger partial charge in [0.15, 0.2) is 0 Å². The number of hydrogen-bond donors (Lipinski definition) is 4. The molecule has 0 atom stereocenters. The number of rotatable bonds is 8. The highest BCUT2D eigenvalue weighted by Crippen LogP contribution is 2.32. The van der Waals surface area contributed by atoms with Gasteiger partial charge in [-0.3, -0.25) is 14.2 Å². The Hall–Kier alpha value is -3.48. The van der Waals surface area contributed by atoms with Crippen molar-refractivity contribution >= 4 is 54.6 Å². The largest absolute Gasteiger partial charge is 0.506 e. The zero-order chi connectivity index (χ0) is 25.1. The maximum atomic E-state index is 12.9. The maximum absolute atomic E-state index is 12.9. The number of hydrogen-bond acceptors (Lipinski definition) is 7. The smallest absolute Gasteiger partial charge is 0.262 e. The summed E-state index contributed by atoms with van der Waals surface area (Å²) in [4.78, 5) is 10.9. The third-order valence-electron chi connectivity index (χ3n) is 4.41. The SMILES string of the molecule is COc1ccc(S(=O)(=O)Nc2cc(S(=O)(=O)Nc3ccc(Cl)cc3)ccc2O)cc1NC(C)=O. The summed E-state index contributed by atoms with van der Waals surface area (Å²) in [6.45, 7) is 1.25. The Bertz CT molecular complexity index is 1440. The van der Waals surface area contributed by atoms with Crippen LogP contribution in [0.4, 0.5) is 17.1 Å². The van der Waals surface area contributed by atoms with E-state index in [0.717, 1.165) is 18.2 Å². The zero-order valence-electron chi connectivity index (χ0n) is 17.9. The van der Waals surface area contributed by atoms with Gasteiger partial charge in [0, 0.05) is 17.6 Å². The van der Waals surface area contributed by atoms with Crippen molar-refractivity contribution in [2.75, 3.05) is 21.9 Å². The van der Waals surface area contributed by atoms with E-state index in [-0.39, 0.29) is 32.6 Å². The molecule has 1 amide bonds. The molecule has 3 aromatic rings. The van der Waals surface area contributed by atoms with E-state index in [0.29, 0.717) is 5.02 Å². The van der Waals surface area contributed by atoms with Crippen molar-refractivity contribution < 1.29 is 31.5 Å². The Balaban J connectivity index is 1.93. The third kappa shape index (κ3) is 5.90. The molecule has 3 aromatic carbocycles. The average Bonchev–Trinajstić information content (AvgIpc) is 2.76. The summed E-state index contributed by atoms with van der Waals surface area (Å²) in [6.07, 6.45) is 0. The molecule has 34 heavy (non-hydrogen) atoms. The van der Waals surface area contributed by atoms with E-state index in [1.54, 1.807) is 0 Å². The van der Waals surface area contributed by atoms with Crippen LogP contribution in [0.3, 0.4) is 0 Å². The molecule has 0 saturated heterocycles. The van der Waals surface area contributed by atoms with Gasteiger partial charge in [0.05, 0.1) is 28.3 Å². The van der Waals surface area contributed by atoms with Gasteiger partial charge in [0.2, 0.25) is 5.91 Å². The molecular formula is C21H20ClN3O7S2. The van der Waals surface area contributed by atoms with Crippen molar-refractivity contribution in [3.63, 3.8) is 0 Å². The molecule has 0 aliphatic rings. The zero-order valence-corrected chi connectivity index (χ0v) is 20.3. The van der Waals surface area contributed by atoms with Gasteiger partial charge in [-0.15, -0.1) is 0 Å². The van der Waals surface area contributed by atoms with E-state index in [1.165, 1.54) is 56.5 Å². The summed E-state index contributed by atoms with van der Waals surface area (Å²) in [5.41, 5.74) is -0.00944. The minimum atomic E-state index is -4.29. The van der Waals surface area contributed by atoms with Gasteiger partial charge in [-0.1, -0.05) is 11.6 Å². The number of sulfonamides is 2. The monoisotopic (exact) mass is 525 g/mol. The predicted molar refractivity (Wildman–Crippen MR) is 128 cm³/mol. The normalized spacial score (nSPS) is 11.5. The molecule has 180 valence electrons. The van der Waals surface area contributed by atoms with Crippen molar-refractivity contribution in [3.05, 3.63) is 65.7 Å². The first-order chi connectivity index (χ1) is 15.9. The number of aromatic hydroxyl groups is 1. The maximum Gasteiger partial charge on any atom is 0.262 e. The molecule has 10 nitrogen and oxygen atoms in total. The fraction of sp³-hybridized carbons (Fsp3) is 0.0952. The van der Waals surface area contributed by atoms with Crippen LogP contribution in [0.15, 0.2) is 70.5 Å². The van der Waals surface area contributed by atoms with Gasteiger partial charge >= 0.3 is 0 Å². The summed E-state index contributed by atoms with van der Waals surface area (Å²) in [6, 6.07) is 12.8. The summed E-state index contributed by atoms with van der Waals surface area (Å²) in [5.74, 6) is -0.701. The number of carbonyl (C=O) groups is 1. The summed E-state index contributed by atoms with van der Waals surface area (Å²) in [5, 5.41) is 13.0. The van der Waals surface area contributed by atoms with Crippen molar-refractivity contribution in [3.8, 4) is 11.5 Å². The van der Waals surface area contributed by atoms with Crippen molar-refractivity contribution in [2.24, 2.45) is 0 Å². The first kappa shape index (κ1) is 25.1. The van der Waals surface area contributed by atoms with Crippen LogP contribution in [-0.4, -0.2) is 35.0 Å². The molecule has 13 heteroatoms. The van der Waals surface area contributed by atoms with E-state index >= 15 is 0 Å². The predicted octanol–water partition coefficient (Wildman–Crippen LogP) is 3.61. The number of methoxy groups -OCH3 is 1. The number of halogens is 1. The third-order valence-corrected chi connectivity index (χ3v) is 7.41. The lowest BCUT2D eigenvalue weighted by molar-refractivity contribution is -0.114. The number of anilines is 3. The van der Waals surface area contributed by atoms with Crippen LogP contribution in [0, 0.1) is 0 Å². The van der Waals surface area contributed by atoms with E-state index in [9.17, 15) is 26.7 Å². The van der Waals surface area contributed by atoms with Crippen molar-refractivity contribution in [1.82, 2.24) is 0 Å². The highest BCUT2D eigenvalue weighted by atomic mass is 35.5. The van der Waals surface area contributed by atoms with Gasteiger partial charge in [-0.25, -0.2) is 16.8 Å². The molecule has 0 saturated carbocycles. The molecule has 0 aliphatic heterocycles. The second-order valence-corrected chi connectivity index (χ2v) is 10.7. The Morgan fingerprint density at radius 2 is 1.41 bits per heavy atom. The van der Waals surface area contributed by atoms with Crippen LogP contribution in [0.2, 0.25) is 5.02 Å². The number of carbonyl (C=O) groups excluding carboxylic acids is 1. The molecule has 0 aromatic heterocycles. The van der Waals surface area contributed by atoms with E-state index in [2.05, 4.69) is 14.8 Å². The molecular weight excluding hydrogens is 506 g/mol. The van der Waals surface area contributed by atoms with Crippen molar-refractivity contribution in [1.29, 1.82) is 0 Å². The quantitative estimate of drug-likeness (QED) is 0.328. The lowest BCUT2D eigenvalue weighted by Gasteiger charge is -2.14. The lowest BCUT2D eigenvalue weighted by Crippen LogP contribution is -2.16. The second kappa shape index (κ2) is 9.79. The molecule has 0 heterocycles. The molecule has 0 unspecified atom stereocenters. The number of phenols is 1. The Morgan fingerprint density at radius 3 is 2.00 bits per heavy atom. The first-order valence-corrected chi connectivity index (χ1v) is 12.9. The number of nitrogens with one attached hydrogen (secondary N) is 3. The molecule has 0 radical (unpaired) electrons. The standard InChI is InChI=1S/C21H20ClN3O7S2/c1-13(26)23-19-12-17(8-10-21(19)32-2)34(30,31)25-18-11-16(7-9-20(18)27)33(28,29)24-15-5-3-14(22)4-6-15/h3-12,24-25,27H,1-2H3,(H,23,26). The van der Waals surface area contributed by atoms with Crippen LogP contribution < -0.4 is 19.5 Å². The lowest BCUT2D eigenvalue weighted by atomic mass is 10.3. The molecule has 4 N–H and O–H groups in total. The number of phenolic OH excluding ortho intramolecular Hbond substituents is 1. The summed E-state index contributed by atoms with van der Waals surface area (Å²) >= 11 is 5.80. The molecule has 0 aliphatic carbocycles. The topological polar surface area (TPSA) is 151 Å². The molecule has 0 fully saturated rings. The first-order valence-electron chi connectivity index (χ1n) is 9.51. The summed E-state index contributed by atoms with van der Waals surface area (Å²) in [7, 11) is -7.05. The van der Waals surface area contributed by atoms with Gasteiger partial charge in [0.1, 0.15) is 11.5 Å². The minimum Gasteiger partial charge on any atom is -0.506 e. The number of ether oxygens (including phenoxy) is 1. The van der Waals surface area contributed by atoms with Crippen LogP contribution in [0.1, 0.15) is 6.92 Å². The van der Waals surface area contributed by atoms with Crippen molar-refractivity contribution in [2.45, 2.75) is 16.7 Å². The fourth-order valence-corrected chi connectivity index (χ4v) is 5.14. The molecule has 0 bridgehead atoms. The molecule has 3 rings (SSSR count). The second-order valence-electron chi connectivity index (χ2n) is 6.94. The summed E-state index contributed by atoms with van der Waals surface area (Å²) < 4.78 is 61.0. The average molecular weight is 526 g/mol. The fourth-order valence-electron chi connectivity index (χ4n) is 2.84. The van der Waals surface area contributed by atoms with E-state index in [1.807, 2.05) is 0 Å². The van der Waals surface area contributed by atoms with E-state index < -0.39 is 31.7 Å². The van der Waals surface area contributed by atoms with E-state index in [4.69, 9.17) is 16.3 Å². The highest BCUT2D eigenvalue weighted by molar-refractivity contribution is 7.93. The van der Waals surface area contributed by atoms with Gasteiger partial charge in [0.25, 0.3) is 20.0 Å². The number of benzene rings is 3. The Morgan fingerprint density at radius 1 is 0.853 bits per heavy atom. The van der Waals surface area contributed by atoms with Crippen LogP contribution in [0.25, 0.3) is 0 Å². The van der Waals surface area contributed by atoms with Gasteiger partial charge < -0.3 is 15.2 Å². The van der Waals surface area contributed by atoms with Gasteiger partial charge in [-0.05, 0) is 60.7 Å². The molecule has 0 spiro atoms. The van der Waals surface area contributed by atoms with Gasteiger partial charge in [-0.2, -0.15) is 0 Å². The highest BCUT2D eigenvalue weighted by Gasteiger charge is 2.22. The minimum absolute atomic E-state index is 0.116. The van der Waals surface area contributed by atoms with Crippen LogP contribution in [0.5, 0.6) is 11.5 Å². The Labute approximate surface area is 201 Å². The van der Waals surface area contributed by atoms with Crippen LogP contribution >= 0.6 is 11.6 Å². The van der Waals surface area contributed by atoms with Crippen LogP contribution in [-0.2, 0) is 24.8 Å². The number of amides is 1. The Kier molecular flexibility index (Phi) is 7.24.